The quantitative estimate of drug-likeness (QED) is 0.405. The molecular formula is C22H23N3O2S. The number of benzene rings is 2. The number of thiocarbonyl (C=S) groups is 1. The fourth-order valence-electron chi connectivity index (χ4n) is 3.63. The number of pyridine rings is 1. The molecule has 0 atom stereocenters. The van der Waals surface area contributed by atoms with Crippen molar-refractivity contribution in [3.63, 3.8) is 0 Å². The van der Waals surface area contributed by atoms with Gasteiger partial charge in [-0.25, -0.2) is 4.98 Å². The van der Waals surface area contributed by atoms with Gasteiger partial charge in [-0.15, -0.1) is 0 Å². The first-order valence-electron chi connectivity index (χ1n) is 9.66. The number of aromatic nitrogens is 1. The van der Waals surface area contributed by atoms with Gasteiger partial charge in [0.15, 0.2) is 5.11 Å². The summed E-state index contributed by atoms with van der Waals surface area (Å²) >= 11 is 5.59. The molecule has 0 spiro atoms. The second-order valence-corrected chi connectivity index (χ2v) is 7.42. The number of nitrogens with one attached hydrogen (secondary N) is 1. The Morgan fingerprint density at radius 3 is 2.68 bits per heavy atom. The van der Waals surface area contributed by atoms with Gasteiger partial charge < -0.3 is 15.0 Å². The van der Waals surface area contributed by atoms with Crippen LogP contribution in [0.5, 0.6) is 0 Å². The second kappa shape index (κ2) is 8.10. The van der Waals surface area contributed by atoms with Crippen molar-refractivity contribution < 1.29 is 9.53 Å². The molecule has 0 saturated carbocycles. The molecular weight excluding hydrogens is 370 g/mol. The number of nitrogens with zero attached hydrogens (tertiary/aromatic N) is 2. The third-order valence-corrected chi connectivity index (χ3v) is 5.53. The van der Waals surface area contributed by atoms with Crippen LogP contribution in [0.25, 0.3) is 21.8 Å². The molecule has 144 valence electrons. The molecule has 1 saturated heterocycles. The number of para-hydroxylation sites is 1. The van der Waals surface area contributed by atoms with Gasteiger partial charge in [-0.3, -0.25) is 4.79 Å². The van der Waals surface area contributed by atoms with Gasteiger partial charge in [0.1, 0.15) is 0 Å². The lowest BCUT2D eigenvalue weighted by Crippen LogP contribution is -2.42. The molecule has 1 aliphatic heterocycles. The zero-order valence-corrected chi connectivity index (χ0v) is 16.7. The van der Waals surface area contributed by atoms with E-state index in [0.29, 0.717) is 11.7 Å². The topological polar surface area (TPSA) is 54.5 Å². The molecule has 1 fully saturated rings. The van der Waals surface area contributed by atoms with Gasteiger partial charge in [0.05, 0.1) is 23.6 Å². The highest BCUT2D eigenvalue weighted by atomic mass is 32.1. The lowest BCUT2D eigenvalue weighted by atomic mass is 9.97. The molecule has 4 rings (SSSR count). The highest BCUT2D eigenvalue weighted by Crippen LogP contribution is 2.24. The van der Waals surface area contributed by atoms with Crippen LogP contribution in [-0.2, 0) is 9.53 Å². The number of carbonyl (C=O) groups is 1. The molecule has 0 bridgehead atoms. The average molecular weight is 394 g/mol. The molecule has 1 aliphatic rings. The van der Waals surface area contributed by atoms with Crippen molar-refractivity contribution in [2.75, 3.05) is 25.0 Å². The molecule has 6 heteroatoms. The van der Waals surface area contributed by atoms with E-state index >= 15 is 0 Å². The summed E-state index contributed by atoms with van der Waals surface area (Å²) in [5.41, 5.74) is 2.84. The first kappa shape index (κ1) is 18.6. The Kier molecular flexibility index (Phi) is 5.39. The lowest BCUT2D eigenvalue weighted by Gasteiger charge is -2.32. The summed E-state index contributed by atoms with van der Waals surface area (Å²) < 4.78 is 5.13. The van der Waals surface area contributed by atoms with Crippen LogP contribution in [0.15, 0.2) is 48.5 Å². The molecule has 2 heterocycles. The number of anilines is 1. The van der Waals surface area contributed by atoms with E-state index in [-0.39, 0.29) is 11.9 Å². The highest BCUT2D eigenvalue weighted by molar-refractivity contribution is 7.80. The SMILES string of the molecule is CCOC(=O)C1CCN(C(=S)Nc2ccc3cc4ccccc4nc3c2)CC1. The van der Waals surface area contributed by atoms with Gasteiger partial charge in [-0.2, -0.15) is 0 Å². The zero-order chi connectivity index (χ0) is 19.5. The summed E-state index contributed by atoms with van der Waals surface area (Å²) in [5.74, 6) is -0.106. The highest BCUT2D eigenvalue weighted by Gasteiger charge is 2.27. The largest absolute Gasteiger partial charge is 0.466 e. The van der Waals surface area contributed by atoms with Crippen LogP contribution in [0.3, 0.4) is 0 Å². The van der Waals surface area contributed by atoms with Gasteiger partial charge in [0, 0.05) is 29.5 Å². The predicted molar refractivity (Wildman–Crippen MR) is 116 cm³/mol. The number of fused-ring (bicyclic) bond motifs is 2. The number of hydrogen-bond acceptors (Lipinski definition) is 4. The molecule has 0 radical (unpaired) electrons. The summed E-state index contributed by atoms with van der Waals surface area (Å²) in [6.07, 6.45) is 1.54. The maximum absolute atomic E-state index is 11.9. The van der Waals surface area contributed by atoms with E-state index in [1.165, 1.54) is 0 Å². The van der Waals surface area contributed by atoms with Crippen molar-refractivity contribution in [2.45, 2.75) is 19.8 Å². The van der Waals surface area contributed by atoms with Crippen molar-refractivity contribution >= 4 is 50.8 Å². The van der Waals surface area contributed by atoms with E-state index in [4.69, 9.17) is 21.9 Å². The van der Waals surface area contributed by atoms with Crippen molar-refractivity contribution in [1.82, 2.24) is 9.88 Å². The molecule has 28 heavy (non-hydrogen) atoms. The van der Waals surface area contributed by atoms with E-state index in [2.05, 4.69) is 28.4 Å². The first-order valence-corrected chi connectivity index (χ1v) is 10.1. The van der Waals surface area contributed by atoms with Gasteiger partial charge in [-0.1, -0.05) is 24.3 Å². The molecule has 3 aromatic rings. The van der Waals surface area contributed by atoms with Crippen LogP contribution < -0.4 is 5.32 Å². The summed E-state index contributed by atoms with van der Waals surface area (Å²) in [5, 5.41) is 6.24. The second-order valence-electron chi connectivity index (χ2n) is 7.03. The number of piperidine rings is 1. The maximum atomic E-state index is 11.9. The standard InChI is InChI=1S/C22H23N3O2S/c1-2-27-21(26)15-9-11-25(12-10-15)22(28)23-18-8-7-17-13-16-5-3-4-6-19(16)24-20(17)14-18/h3-8,13-15H,2,9-12H2,1H3,(H,23,28). The average Bonchev–Trinajstić information content (AvgIpc) is 2.72. The Hall–Kier alpha value is -2.73. The molecule has 0 amide bonds. The summed E-state index contributed by atoms with van der Waals surface area (Å²) in [7, 11) is 0. The Bertz CT molecular complexity index is 1030. The minimum absolute atomic E-state index is 0.0165. The summed E-state index contributed by atoms with van der Waals surface area (Å²) in [6.45, 7) is 3.79. The van der Waals surface area contributed by atoms with Crippen LogP contribution in [0.2, 0.25) is 0 Å². The molecule has 1 aromatic heterocycles. The zero-order valence-electron chi connectivity index (χ0n) is 15.9. The monoisotopic (exact) mass is 393 g/mol. The molecule has 2 aromatic carbocycles. The number of hydrogen-bond donors (Lipinski definition) is 1. The first-order chi connectivity index (χ1) is 13.6. The Morgan fingerprint density at radius 2 is 1.89 bits per heavy atom. The molecule has 0 unspecified atom stereocenters. The normalized spacial score (nSPS) is 15.0. The van der Waals surface area contributed by atoms with Crippen LogP contribution >= 0.6 is 12.2 Å². The molecule has 0 aliphatic carbocycles. The molecule has 1 N–H and O–H groups in total. The number of esters is 1. The van der Waals surface area contributed by atoms with Gasteiger partial charge in [0.2, 0.25) is 0 Å². The number of carbonyl (C=O) groups excluding carboxylic acids is 1. The van der Waals surface area contributed by atoms with Gasteiger partial charge >= 0.3 is 5.97 Å². The Balaban J connectivity index is 1.44. The lowest BCUT2D eigenvalue weighted by molar-refractivity contribution is -0.149. The van der Waals surface area contributed by atoms with E-state index in [1.807, 2.05) is 37.3 Å². The van der Waals surface area contributed by atoms with Gasteiger partial charge in [0.25, 0.3) is 0 Å². The van der Waals surface area contributed by atoms with Crippen LogP contribution in [0, 0.1) is 5.92 Å². The Morgan fingerprint density at radius 1 is 1.14 bits per heavy atom. The third-order valence-electron chi connectivity index (χ3n) is 5.17. The minimum atomic E-state index is -0.0890. The number of ether oxygens (including phenoxy) is 1. The van der Waals surface area contributed by atoms with E-state index < -0.39 is 0 Å². The van der Waals surface area contributed by atoms with Crippen LogP contribution in [-0.4, -0.2) is 40.7 Å². The fraction of sp³-hybridized carbons (Fsp3) is 0.318. The Labute approximate surface area is 169 Å². The van der Waals surface area contributed by atoms with E-state index in [9.17, 15) is 4.79 Å². The fourth-order valence-corrected chi connectivity index (χ4v) is 3.93. The summed E-state index contributed by atoms with van der Waals surface area (Å²) in [6, 6.07) is 16.4. The number of rotatable bonds is 3. The van der Waals surface area contributed by atoms with Crippen molar-refractivity contribution in [3.8, 4) is 0 Å². The smallest absolute Gasteiger partial charge is 0.309 e. The van der Waals surface area contributed by atoms with Crippen molar-refractivity contribution in [3.05, 3.63) is 48.5 Å². The minimum Gasteiger partial charge on any atom is -0.466 e. The number of likely N-dealkylation sites (tertiary alicyclic amines) is 1. The van der Waals surface area contributed by atoms with Crippen LogP contribution in [0.1, 0.15) is 19.8 Å². The molecule has 5 nitrogen and oxygen atoms in total. The van der Waals surface area contributed by atoms with Crippen LogP contribution in [0.4, 0.5) is 5.69 Å². The van der Waals surface area contributed by atoms with E-state index in [1.54, 1.807) is 0 Å². The predicted octanol–water partition coefficient (Wildman–Crippen LogP) is 4.36. The van der Waals surface area contributed by atoms with Crippen molar-refractivity contribution in [2.24, 2.45) is 5.92 Å². The van der Waals surface area contributed by atoms with Crippen molar-refractivity contribution in [1.29, 1.82) is 0 Å². The summed E-state index contributed by atoms with van der Waals surface area (Å²) in [4.78, 5) is 18.8. The van der Waals surface area contributed by atoms with Gasteiger partial charge in [-0.05, 0) is 56.2 Å². The maximum Gasteiger partial charge on any atom is 0.309 e. The van der Waals surface area contributed by atoms with E-state index in [0.717, 1.165) is 53.4 Å². The third kappa shape index (κ3) is 3.92.